The maximum Gasteiger partial charge on any atom is 0.356 e. The van der Waals surface area contributed by atoms with Gasteiger partial charge in [0.05, 0.1) is 22.2 Å². The molecule has 2 aromatic carbocycles. The molecule has 4 aliphatic carbocycles. The van der Waals surface area contributed by atoms with Crippen molar-refractivity contribution in [2.45, 2.75) is 101 Å². The number of carbonyl (C=O) groups is 2. The molecule has 0 aliphatic heterocycles. The average Bonchev–Trinajstić information content (AvgIpc) is 3.84. The summed E-state index contributed by atoms with van der Waals surface area (Å²) in [5, 5.41) is 35.8. The van der Waals surface area contributed by atoms with E-state index in [1.807, 2.05) is 48.5 Å². The van der Waals surface area contributed by atoms with Gasteiger partial charge >= 0.3 is 5.97 Å². The first kappa shape index (κ1) is 41.5. The summed E-state index contributed by atoms with van der Waals surface area (Å²) in [6, 6.07) is 18.4. The third-order valence-electron chi connectivity index (χ3n) is 12.4. The van der Waals surface area contributed by atoms with E-state index in [9.17, 15) is 36.7 Å². The molecule has 0 radical (unpaired) electrons. The number of nitrogens with one attached hydrogen (secondary N) is 3. The number of alkyl halides is 4. The number of carboxylic acids is 1. The molecule has 6 aromatic rings. The number of H-pyrrole nitrogens is 2. The zero-order valence-corrected chi connectivity index (χ0v) is 32.8. The minimum absolute atomic E-state index is 0.0685. The summed E-state index contributed by atoms with van der Waals surface area (Å²) in [5.41, 5.74) is 8.24. The van der Waals surface area contributed by atoms with Crippen LogP contribution in [0.4, 0.5) is 17.6 Å². The van der Waals surface area contributed by atoms with Gasteiger partial charge in [-0.3, -0.25) is 23.7 Å². The van der Waals surface area contributed by atoms with Gasteiger partial charge in [0.2, 0.25) is 0 Å². The van der Waals surface area contributed by atoms with E-state index in [0.717, 1.165) is 75.4 Å². The van der Waals surface area contributed by atoms with Crippen LogP contribution in [0, 0.1) is 10.8 Å². The van der Waals surface area contributed by atoms with Crippen LogP contribution >= 0.6 is 0 Å². The highest BCUT2D eigenvalue weighted by atomic mass is 19.3. The van der Waals surface area contributed by atoms with Crippen LogP contribution in [-0.4, -0.2) is 81.9 Å². The summed E-state index contributed by atoms with van der Waals surface area (Å²) in [5.74, 6) is -0.766. The fourth-order valence-electron chi connectivity index (χ4n) is 9.76. The molecule has 61 heavy (non-hydrogen) atoms. The number of nitrogens with two attached hydrogens (primary N) is 1. The van der Waals surface area contributed by atoms with Crippen LogP contribution in [0.5, 0.6) is 0 Å². The van der Waals surface area contributed by atoms with Crippen LogP contribution in [0.2, 0.25) is 0 Å². The maximum atomic E-state index is 12.4. The molecule has 4 heterocycles. The van der Waals surface area contributed by atoms with Crippen LogP contribution in [0.3, 0.4) is 0 Å². The lowest BCUT2D eigenvalue weighted by Crippen LogP contribution is -2.55. The van der Waals surface area contributed by atoms with Gasteiger partial charge in [-0.15, -0.1) is 0 Å². The first-order valence-corrected chi connectivity index (χ1v) is 20.1. The van der Waals surface area contributed by atoms with E-state index in [1.54, 1.807) is 0 Å². The summed E-state index contributed by atoms with van der Waals surface area (Å²) in [7, 11) is 0. The van der Waals surface area contributed by atoms with E-state index in [1.165, 1.54) is 37.4 Å². The molecule has 15 nitrogen and oxygen atoms in total. The zero-order valence-electron chi connectivity index (χ0n) is 32.8. The zero-order chi connectivity index (χ0) is 43.1. The molecule has 2 spiro atoms. The molecule has 10 rings (SSSR count). The lowest BCUT2D eigenvalue weighted by molar-refractivity contribution is -0.0197. The highest BCUT2D eigenvalue weighted by Gasteiger charge is 2.54. The fraction of sp³-hybridized carbons (Fsp3) is 0.429. The fourth-order valence-corrected chi connectivity index (χ4v) is 9.76. The standard InChI is InChI=1S/C21H21F2N5O2.C15H17N3O.C6H6F2N2O2/c22-17(23)11-28-6-5-16(27-28)20(30)24-13-9-21(10-13)7-12(8-21)18-14-3-1-2-4-15(14)19(29)26-25-18;16-10-7-15(8-10)5-9(6-15)13-11-3-1-2-4-12(11)14(19)18-17-13;7-5(8)3-10-2-1-4(9-10)6(11)12/h1-6,12-13,17H,7-11H2,(H,24,30)(H,26,29);1-4,9-10H,5-8,16H2,(H,18,19);1-2,5H,3H2,(H,11,12). The van der Waals surface area contributed by atoms with Crippen molar-refractivity contribution in [3.05, 3.63) is 117 Å². The minimum atomic E-state index is -2.52. The van der Waals surface area contributed by atoms with Crippen LogP contribution in [-0.2, 0) is 13.1 Å². The number of halogens is 4. The van der Waals surface area contributed by atoms with Gasteiger partial charge in [-0.1, -0.05) is 36.4 Å². The Morgan fingerprint density at radius 2 is 1.11 bits per heavy atom. The number of carboxylic acid groups (broad SMARTS) is 1. The molecule has 19 heteroatoms. The number of hydrogen-bond acceptors (Lipinski definition) is 9. The highest BCUT2D eigenvalue weighted by Crippen LogP contribution is 2.62. The van der Waals surface area contributed by atoms with Crippen LogP contribution in [0.15, 0.2) is 82.6 Å². The topological polar surface area (TPSA) is 220 Å². The van der Waals surface area contributed by atoms with Gasteiger partial charge in [-0.2, -0.15) is 20.4 Å². The van der Waals surface area contributed by atoms with Crippen LogP contribution in [0.1, 0.15) is 95.6 Å². The van der Waals surface area contributed by atoms with Crippen molar-refractivity contribution >= 4 is 33.4 Å². The lowest BCUT2D eigenvalue weighted by Gasteiger charge is -2.57. The average molecular weight is 845 g/mol. The molecule has 320 valence electrons. The summed E-state index contributed by atoms with van der Waals surface area (Å²) in [6.07, 6.45) is 5.94. The third-order valence-corrected chi connectivity index (χ3v) is 12.4. The van der Waals surface area contributed by atoms with E-state index in [0.29, 0.717) is 28.7 Å². The second kappa shape index (κ2) is 16.7. The summed E-state index contributed by atoms with van der Waals surface area (Å²) in [6.45, 7) is -1.10. The Balaban J connectivity index is 0.000000141. The molecule has 0 atom stereocenters. The summed E-state index contributed by atoms with van der Waals surface area (Å²) >= 11 is 0. The Hall–Kier alpha value is -6.24. The molecule has 0 saturated heterocycles. The number of amides is 1. The molecule has 4 saturated carbocycles. The number of nitrogens with zero attached hydrogens (tertiary/aromatic N) is 6. The number of carbonyl (C=O) groups excluding carboxylic acids is 1. The minimum Gasteiger partial charge on any atom is -0.476 e. The van der Waals surface area contributed by atoms with Crippen molar-refractivity contribution < 1.29 is 32.3 Å². The Morgan fingerprint density at radius 3 is 1.54 bits per heavy atom. The molecule has 0 bridgehead atoms. The molecule has 0 unspecified atom stereocenters. The summed E-state index contributed by atoms with van der Waals surface area (Å²) in [4.78, 5) is 46.3. The molecular formula is C42H44F4N10O5. The van der Waals surface area contributed by atoms with Crippen molar-refractivity contribution in [2.24, 2.45) is 16.6 Å². The first-order chi connectivity index (χ1) is 29.2. The third kappa shape index (κ3) is 8.82. The lowest BCUT2D eigenvalue weighted by atomic mass is 9.49. The first-order valence-electron chi connectivity index (χ1n) is 20.1. The van der Waals surface area contributed by atoms with Crippen molar-refractivity contribution in [3.63, 3.8) is 0 Å². The normalized spacial score (nSPS) is 24.8. The predicted molar refractivity (Wildman–Crippen MR) is 215 cm³/mol. The Labute approximate surface area is 344 Å². The van der Waals surface area contributed by atoms with Crippen molar-refractivity contribution in [1.82, 2.24) is 45.3 Å². The van der Waals surface area contributed by atoms with Crippen LogP contribution < -0.4 is 22.2 Å². The van der Waals surface area contributed by atoms with E-state index < -0.39 is 31.9 Å². The smallest absolute Gasteiger partial charge is 0.356 e. The molecule has 4 aromatic heterocycles. The predicted octanol–water partition coefficient (Wildman–Crippen LogP) is 5.60. The molecular weight excluding hydrogens is 801 g/mol. The molecule has 4 fully saturated rings. The van der Waals surface area contributed by atoms with Gasteiger partial charge in [-0.25, -0.2) is 32.6 Å². The van der Waals surface area contributed by atoms with Crippen molar-refractivity contribution in [2.75, 3.05) is 0 Å². The number of aromatic carboxylic acids is 1. The van der Waals surface area contributed by atoms with E-state index >= 15 is 0 Å². The van der Waals surface area contributed by atoms with Crippen molar-refractivity contribution in [3.8, 4) is 0 Å². The quantitative estimate of drug-likeness (QED) is 0.114. The van der Waals surface area contributed by atoms with E-state index in [-0.39, 0.29) is 39.9 Å². The SMILES string of the molecule is NC1CC2(C1)CC(c1n[nH]c(=O)c3ccccc13)C2.O=C(NC1CC2(C1)CC(c1n[nH]c(=O)c3ccccc13)C2)c1ccn(CC(F)F)n1.O=C(O)c1ccn(CC(F)F)n1. The van der Waals surface area contributed by atoms with Gasteiger partial charge in [0.15, 0.2) is 5.69 Å². The number of hydrogen-bond donors (Lipinski definition) is 5. The van der Waals surface area contributed by atoms with Gasteiger partial charge in [0.1, 0.15) is 18.8 Å². The van der Waals surface area contributed by atoms with Crippen LogP contribution in [0.25, 0.3) is 21.5 Å². The second-order valence-corrected chi connectivity index (χ2v) is 16.9. The molecule has 1 amide bonds. The van der Waals surface area contributed by atoms with Crippen molar-refractivity contribution in [1.29, 1.82) is 0 Å². The molecule has 4 aliphatic rings. The van der Waals surface area contributed by atoms with E-state index in [4.69, 9.17) is 10.8 Å². The monoisotopic (exact) mass is 844 g/mol. The number of fused-ring (bicyclic) bond motifs is 2. The maximum absolute atomic E-state index is 12.4. The number of rotatable bonds is 9. The van der Waals surface area contributed by atoms with Gasteiger partial charge in [0.25, 0.3) is 29.9 Å². The summed E-state index contributed by atoms with van der Waals surface area (Å²) < 4.78 is 50.3. The number of aromatic amines is 2. The second-order valence-electron chi connectivity index (χ2n) is 16.9. The van der Waals surface area contributed by atoms with Gasteiger partial charge in [-0.05, 0) is 86.5 Å². The Morgan fingerprint density at radius 1 is 0.689 bits per heavy atom. The van der Waals surface area contributed by atoms with Gasteiger partial charge in [0, 0.05) is 47.1 Å². The largest absolute Gasteiger partial charge is 0.476 e. The number of aromatic nitrogens is 8. The number of benzene rings is 2. The highest BCUT2D eigenvalue weighted by molar-refractivity contribution is 5.92. The van der Waals surface area contributed by atoms with Gasteiger partial charge < -0.3 is 16.2 Å². The molecule has 6 N–H and O–H groups in total. The van der Waals surface area contributed by atoms with E-state index in [2.05, 4.69) is 35.9 Å². The Kier molecular flexibility index (Phi) is 11.3. The Bertz CT molecular complexity index is 2670.